The van der Waals surface area contributed by atoms with E-state index in [2.05, 4.69) is 66.7 Å². The van der Waals surface area contributed by atoms with Crippen LogP contribution in [0.25, 0.3) is 43.8 Å². The van der Waals surface area contributed by atoms with Gasteiger partial charge in [-0.2, -0.15) is 0 Å². The fourth-order valence-corrected chi connectivity index (χ4v) is 3.46. The molecule has 0 unspecified atom stereocenters. The van der Waals surface area contributed by atoms with Crippen LogP contribution in [0, 0.1) is 0 Å². The molecule has 4 aromatic carbocycles. The smallest absolute Gasteiger partial charge is 0.136 e. The lowest BCUT2D eigenvalue weighted by Crippen LogP contribution is -1.82. The van der Waals surface area contributed by atoms with Crippen LogP contribution in [-0.2, 0) is 0 Å². The molecule has 0 N–H and O–H groups in total. The lowest BCUT2D eigenvalue weighted by atomic mass is 9.95. The number of fused-ring (bicyclic) bond motifs is 4. The van der Waals surface area contributed by atoms with Crippen LogP contribution in [0.3, 0.4) is 0 Å². The molecule has 0 radical (unpaired) electrons. The van der Waals surface area contributed by atoms with Gasteiger partial charge in [0.25, 0.3) is 0 Å². The van der Waals surface area contributed by atoms with Gasteiger partial charge in [0.15, 0.2) is 0 Å². The molecule has 0 saturated heterocycles. The van der Waals surface area contributed by atoms with Crippen molar-refractivity contribution in [2.45, 2.75) is 0 Å². The summed E-state index contributed by atoms with van der Waals surface area (Å²) in [4.78, 5) is 0. The van der Waals surface area contributed by atoms with E-state index in [1.165, 1.54) is 32.7 Å². The van der Waals surface area contributed by atoms with E-state index in [0.717, 1.165) is 11.2 Å². The highest BCUT2D eigenvalue weighted by atomic mass is 16.3. The molecule has 1 nitrogen and oxygen atoms in total. The van der Waals surface area contributed by atoms with Gasteiger partial charge in [-0.25, -0.2) is 0 Å². The Labute approximate surface area is 133 Å². The molecule has 5 aromatic rings. The Balaban J connectivity index is 1.96. The van der Waals surface area contributed by atoms with Crippen LogP contribution in [0.4, 0.5) is 0 Å². The van der Waals surface area contributed by atoms with E-state index in [9.17, 15) is 0 Å². The summed E-state index contributed by atoms with van der Waals surface area (Å²) >= 11 is 0. The predicted molar refractivity (Wildman–Crippen MR) is 96.7 cm³/mol. The molecule has 0 saturated carbocycles. The van der Waals surface area contributed by atoms with Crippen molar-refractivity contribution in [3.8, 4) is 11.1 Å². The highest BCUT2D eigenvalue weighted by Crippen LogP contribution is 2.38. The first-order valence-corrected chi connectivity index (χ1v) is 7.80. The highest BCUT2D eigenvalue weighted by Gasteiger charge is 2.13. The predicted octanol–water partition coefficient (Wildman–Crippen LogP) is 6.41. The zero-order valence-electron chi connectivity index (χ0n) is 12.5. The molecular weight excluding hydrogens is 280 g/mol. The van der Waals surface area contributed by atoms with Gasteiger partial charge in [0.05, 0.1) is 0 Å². The Kier molecular flexibility index (Phi) is 2.56. The summed E-state index contributed by atoms with van der Waals surface area (Å²) in [6, 6.07) is 29.6. The minimum absolute atomic E-state index is 0.940. The van der Waals surface area contributed by atoms with Crippen molar-refractivity contribution in [3.05, 3.63) is 84.9 Å². The molecule has 108 valence electrons. The number of hydrogen-bond acceptors (Lipinski definition) is 1. The van der Waals surface area contributed by atoms with Crippen LogP contribution in [0.2, 0.25) is 0 Å². The van der Waals surface area contributed by atoms with E-state index in [4.69, 9.17) is 4.42 Å². The van der Waals surface area contributed by atoms with Crippen LogP contribution in [0.5, 0.6) is 0 Å². The van der Waals surface area contributed by atoms with E-state index in [1.54, 1.807) is 0 Å². The maximum atomic E-state index is 6.03. The first-order valence-electron chi connectivity index (χ1n) is 7.80. The van der Waals surface area contributed by atoms with Gasteiger partial charge in [0.1, 0.15) is 11.2 Å². The molecule has 0 spiro atoms. The lowest BCUT2D eigenvalue weighted by Gasteiger charge is -2.08. The lowest BCUT2D eigenvalue weighted by molar-refractivity contribution is 0.669. The SMILES string of the molecule is c1ccc2c(-c3cccc4oc5ccccc5c34)cccc2c1. The zero-order chi connectivity index (χ0) is 15.2. The third-order valence-electron chi connectivity index (χ3n) is 4.48. The highest BCUT2D eigenvalue weighted by molar-refractivity contribution is 6.15. The second-order valence-corrected chi connectivity index (χ2v) is 5.80. The number of rotatable bonds is 1. The number of furan rings is 1. The summed E-state index contributed by atoms with van der Waals surface area (Å²) in [5.74, 6) is 0. The summed E-state index contributed by atoms with van der Waals surface area (Å²) in [7, 11) is 0. The molecule has 1 heteroatoms. The third-order valence-corrected chi connectivity index (χ3v) is 4.48. The Morgan fingerprint density at radius 2 is 1.13 bits per heavy atom. The first-order chi connectivity index (χ1) is 11.4. The van der Waals surface area contributed by atoms with Gasteiger partial charge in [0, 0.05) is 10.8 Å². The average molecular weight is 294 g/mol. The molecule has 0 aliphatic heterocycles. The van der Waals surface area contributed by atoms with Crippen LogP contribution >= 0.6 is 0 Å². The maximum absolute atomic E-state index is 6.03. The maximum Gasteiger partial charge on any atom is 0.136 e. The Morgan fingerprint density at radius 1 is 0.478 bits per heavy atom. The van der Waals surface area contributed by atoms with Crippen LogP contribution in [0.1, 0.15) is 0 Å². The van der Waals surface area contributed by atoms with Crippen molar-refractivity contribution in [1.82, 2.24) is 0 Å². The molecule has 1 heterocycles. The molecule has 0 aliphatic rings. The molecule has 0 atom stereocenters. The third kappa shape index (κ3) is 1.80. The Morgan fingerprint density at radius 3 is 2.09 bits per heavy atom. The summed E-state index contributed by atoms with van der Waals surface area (Å²) in [6.07, 6.45) is 0. The molecule has 0 bridgehead atoms. The van der Waals surface area contributed by atoms with E-state index in [0.29, 0.717) is 0 Å². The zero-order valence-corrected chi connectivity index (χ0v) is 12.5. The topological polar surface area (TPSA) is 13.1 Å². The minimum Gasteiger partial charge on any atom is -0.456 e. The van der Waals surface area contributed by atoms with Crippen molar-refractivity contribution in [1.29, 1.82) is 0 Å². The van der Waals surface area contributed by atoms with Crippen LogP contribution in [0.15, 0.2) is 89.3 Å². The quantitative estimate of drug-likeness (QED) is 0.348. The Bertz CT molecular complexity index is 1160. The van der Waals surface area contributed by atoms with Crippen molar-refractivity contribution >= 4 is 32.7 Å². The van der Waals surface area contributed by atoms with Crippen molar-refractivity contribution in [3.63, 3.8) is 0 Å². The summed E-state index contributed by atoms with van der Waals surface area (Å²) in [5, 5.41) is 4.90. The number of para-hydroxylation sites is 1. The van der Waals surface area contributed by atoms with E-state index < -0.39 is 0 Å². The van der Waals surface area contributed by atoms with Crippen molar-refractivity contribution in [2.75, 3.05) is 0 Å². The number of hydrogen-bond donors (Lipinski definition) is 0. The van der Waals surface area contributed by atoms with Gasteiger partial charge >= 0.3 is 0 Å². The average Bonchev–Trinajstić information content (AvgIpc) is 3.00. The summed E-state index contributed by atoms with van der Waals surface area (Å²) in [6.45, 7) is 0. The summed E-state index contributed by atoms with van der Waals surface area (Å²) < 4.78 is 6.03. The van der Waals surface area contributed by atoms with Crippen molar-refractivity contribution in [2.24, 2.45) is 0 Å². The van der Waals surface area contributed by atoms with Crippen LogP contribution in [-0.4, -0.2) is 0 Å². The van der Waals surface area contributed by atoms with E-state index in [-0.39, 0.29) is 0 Å². The molecule has 0 fully saturated rings. The molecule has 0 aliphatic carbocycles. The second-order valence-electron chi connectivity index (χ2n) is 5.80. The van der Waals surface area contributed by atoms with Gasteiger partial charge < -0.3 is 4.42 Å². The second kappa shape index (κ2) is 4.72. The monoisotopic (exact) mass is 294 g/mol. The van der Waals surface area contributed by atoms with Crippen LogP contribution < -0.4 is 0 Å². The van der Waals surface area contributed by atoms with Gasteiger partial charge in [-0.15, -0.1) is 0 Å². The Hall–Kier alpha value is -3.06. The molecule has 5 rings (SSSR count). The van der Waals surface area contributed by atoms with E-state index >= 15 is 0 Å². The van der Waals surface area contributed by atoms with Gasteiger partial charge in [0.2, 0.25) is 0 Å². The fourth-order valence-electron chi connectivity index (χ4n) is 3.46. The van der Waals surface area contributed by atoms with E-state index in [1.807, 2.05) is 18.2 Å². The molecule has 23 heavy (non-hydrogen) atoms. The number of benzene rings is 4. The normalized spacial score (nSPS) is 11.5. The van der Waals surface area contributed by atoms with Crippen molar-refractivity contribution < 1.29 is 4.42 Å². The molecular formula is C22H14O. The first kappa shape index (κ1) is 12.5. The fraction of sp³-hybridized carbons (Fsp3) is 0. The minimum atomic E-state index is 0.940. The van der Waals surface area contributed by atoms with Gasteiger partial charge in [-0.3, -0.25) is 0 Å². The largest absolute Gasteiger partial charge is 0.456 e. The van der Waals surface area contributed by atoms with Gasteiger partial charge in [-0.1, -0.05) is 72.8 Å². The standard InChI is InChI=1S/C22H14O/c1-2-9-16-15(7-1)8-5-11-17(16)18-12-6-14-21-22(18)19-10-3-4-13-20(19)23-21/h1-14H. The molecule has 1 aromatic heterocycles. The summed E-state index contributed by atoms with van der Waals surface area (Å²) in [5.41, 5.74) is 4.36. The molecule has 0 amide bonds. The van der Waals surface area contributed by atoms with Gasteiger partial charge in [-0.05, 0) is 34.0 Å².